The Morgan fingerprint density at radius 3 is 2.05 bits per heavy atom. The van der Waals surface area contributed by atoms with Crippen LogP contribution >= 0.6 is 0 Å². The summed E-state index contributed by atoms with van der Waals surface area (Å²) in [5.41, 5.74) is 7.82. The van der Waals surface area contributed by atoms with Crippen LogP contribution < -0.4 is 11.1 Å². The van der Waals surface area contributed by atoms with Gasteiger partial charge in [-0.25, -0.2) is 4.68 Å². The molecule has 0 bridgehead atoms. The third-order valence-corrected chi connectivity index (χ3v) is 3.84. The van der Waals surface area contributed by atoms with Crippen molar-refractivity contribution < 1.29 is 0 Å². The van der Waals surface area contributed by atoms with Crippen molar-refractivity contribution in [3.05, 3.63) is 5.69 Å². The summed E-state index contributed by atoms with van der Waals surface area (Å²) in [5.74, 6) is 2.92. The summed E-state index contributed by atoms with van der Waals surface area (Å²) in [6.07, 6.45) is 0. The zero-order valence-electron chi connectivity index (χ0n) is 13.5. The van der Waals surface area contributed by atoms with Crippen LogP contribution in [0.25, 0.3) is 0 Å². The highest BCUT2D eigenvalue weighted by Crippen LogP contribution is 2.27. The highest BCUT2D eigenvalue weighted by Gasteiger charge is 2.20. The van der Waals surface area contributed by atoms with E-state index in [1.807, 2.05) is 11.6 Å². The van der Waals surface area contributed by atoms with Gasteiger partial charge in [0.25, 0.3) is 0 Å². The summed E-state index contributed by atoms with van der Waals surface area (Å²) in [4.78, 5) is 0. The number of nitrogens with one attached hydrogen (secondary N) is 1. The molecule has 0 aromatic carbocycles. The molecule has 4 heteroatoms. The molecule has 1 rings (SSSR count). The second kappa shape index (κ2) is 6.31. The number of rotatable bonds is 6. The number of nitrogens with zero attached hydrogens (tertiary/aromatic N) is 2. The lowest BCUT2D eigenvalue weighted by Crippen LogP contribution is -2.26. The SMILES string of the molecule is Cc1nn(C(C)C)c(NCC(C(C)C)C(C)C)c1N. The van der Waals surface area contributed by atoms with Gasteiger partial charge in [0.1, 0.15) is 5.82 Å². The lowest BCUT2D eigenvalue weighted by atomic mass is 9.85. The molecule has 0 aliphatic heterocycles. The fraction of sp³-hybridized carbons (Fsp3) is 0.800. The molecule has 0 unspecified atom stereocenters. The van der Waals surface area contributed by atoms with E-state index in [0.29, 0.717) is 23.8 Å². The molecule has 0 saturated heterocycles. The Labute approximate surface area is 117 Å². The van der Waals surface area contributed by atoms with Gasteiger partial charge in [-0.1, -0.05) is 27.7 Å². The monoisotopic (exact) mass is 266 g/mol. The highest BCUT2D eigenvalue weighted by molar-refractivity contribution is 5.64. The van der Waals surface area contributed by atoms with Crippen LogP contribution in [-0.2, 0) is 0 Å². The first-order valence-corrected chi connectivity index (χ1v) is 7.34. The molecule has 0 aliphatic carbocycles. The summed E-state index contributed by atoms with van der Waals surface area (Å²) in [6.45, 7) is 16.3. The maximum Gasteiger partial charge on any atom is 0.148 e. The van der Waals surface area contributed by atoms with Gasteiger partial charge >= 0.3 is 0 Å². The molecule has 0 amide bonds. The average Bonchev–Trinajstić information content (AvgIpc) is 2.56. The number of nitrogens with two attached hydrogens (primary N) is 1. The predicted molar refractivity (Wildman–Crippen MR) is 83.4 cm³/mol. The Hall–Kier alpha value is -1.19. The van der Waals surface area contributed by atoms with Gasteiger partial charge < -0.3 is 11.1 Å². The molecule has 110 valence electrons. The molecular weight excluding hydrogens is 236 g/mol. The van der Waals surface area contributed by atoms with Crippen molar-refractivity contribution in [3.63, 3.8) is 0 Å². The molecule has 0 fully saturated rings. The van der Waals surface area contributed by atoms with E-state index in [1.54, 1.807) is 0 Å². The molecule has 1 aromatic rings. The molecule has 1 heterocycles. The van der Waals surface area contributed by atoms with Gasteiger partial charge in [0, 0.05) is 12.6 Å². The zero-order chi connectivity index (χ0) is 14.7. The van der Waals surface area contributed by atoms with E-state index in [1.165, 1.54) is 0 Å². The Morgan fingerprint density at radius 2 is 1.63 bits per heavy atom. The van der Waals surface area contributed by atoms with Crippen molar-refractivity contribution in [2.75, 3.05) is 17.6 Å². The van der Waals surface area contributed by atoms with Gasteiger partial charge in [0.15, 0.2) is 0 Å². The van der Waals surface area contributed by atoms with Gasteiger partial charge in [-0.3, -0.25) is 0 Å². The Kier molecular flexibility index (Phi) is 5.27. The molecule has 0 saturated carbocycles. The van der Waals surface area contributed by atoms with E-state index >= 15 is 0 Å². The zero-order valence-corrected chi connectivity index (χ0v) is 13.5. The van der Waals surface area contributed by atoms with Gasteiger partial charge in [0.2, 0.25) is 0 Å². The first-order chi connectivity index (χ1) is 8.75. The summed E-state index contributed by atoms with van der Waals surface area (Å²) in [7, 11) is 0. The minimum Gasteiger partial charge on any atom is -0.394 e. The maximum absolute atomic E-state index is 6.13. The molecule has 19 heavy (non-hydrogen) atoms. The van der Waals surface area contributed by atoms with Crippen molar-refractivity contribution in [2.45, 2.75) is 54.5 Å². The fourth-order valence-electron chi connectivity index (χ4n) is 2.57. The first-order valence-electron chi connectivity index (χ1n) is 7.34. The Bertz CT molecular complexity index is 397. The first kappa shape index (κ1) is 15.9. The second-order valence-corrected chi connectivity index (χ2v) is 6.42. The molecular formula is C15H30N4. The number of anilines is 2. The number of hydrogen-bond acceptors (Lipinski definition) is 3. The van der Waals surface area contributed by atoms with Crippen molar-refractivity contribution >= 4 is 11.5 Å². The van der Waals surface area contributed by atoms with E-state index in [-0.39, 0.29) is 0 Å². The van der Waals surface area contributed by atoms with Crippen LogP contribution in [0, 0.1) is 24.7 Å². The van der Waals surface area contributed by atoms with Crippen LogP contribution in [0.1, 0.15) is 53.3 Å². The van der Waals surface area contributed by atoms with E-state index in [9.17, 15) is 0 Å². The van der Waals surface area contributed by atoms with Gasteiger partial charge in [-0.05, 0) is 38.5 Å². The molecule has 0 atom stereocenters. The maximum atomic E-state index is 6.13. The third-order valence-electron chi connectivity index (χ3n) is 3.84. The lowest BCUT2D eigenvalue weighted by molar-refractivity contribution is 0.303. The van der Waals surface area contributed by atoms with Crippen molar-refractivity contribution in [2.24, 2.45) is 17.8 Å². The minimum atomic E-state index is 0.315. The topological polar surface area (TPSA) is 55.9 Å². The predicted octanol–water partition coefficient (Wildman–Crippen LogP) is 3.69. The van der Waals surface area contributed by atoms with Crippen LogP contribution in [0.15, 0.2) is 0 Å². The second-order valence-electron chi connectivity index (χ2n) is 6.42. The minimum absolute atomic E-state index is 0.315. The van der Waals surface area contributed by atoms with Crippen molar-refractivity contribution in [1.82, 2.24) is 9.78 Å². The van der Waals surface area contributed by atoms with Crippen molar-refractivity contribution in [1.29, 1.82) is 0 Å². The van der Waals surface area contributed by atoms with Crippen LogP contribution in [0.5, 0.6) is 0 Å². The number of aryl methyl sites for hydroxylation is 1. The van der Waals surface area contributed by atoms with E-state index in [0.717, 1.165) is 23.7 Å². The van der Waals surface area contributed by atoms with E-state index < -0.39 is 0 Å². The summed E-state index contributed by atoms with van der Waals surface area (Å²) >= 11 is 0. The Balaban J connectivity index is 2.87. The van der Waals surface area contributed by atoms with E-state index in [2.05, 4.69) is 52.0 Å². The quantitative estimate of drug-likeness (QED) is 0.825. The molecule has 4 nitrogen and oxygen atoms in total. The highest BCUT2D eigenvalue weighted by atomic mass is 15.4. The molecule has 0 radical (unpaired) electrons. The normalized spacial score (nSPS) is 12.2. The number of nitrogen functional groups attached to an aromatic ring is 1. The Morgan fingerprint density at radius 1 is 1.11 bits per heavy atom. The standard InChI is InChI=1S/C15H30N4/c1-9(2)13(10(3)4)8-17-15-14(16)12(7)18-19(15)11(5)6/h9-11,13,17H,8,16H2,1-7H3. The molecule has 1 aromatic heterocycles. The van der Waals surface area contributed by atoms with Gasteiger partial charge in [-0.15, -0.1) is 0 Å². The average molecular weight is 266 g/mol. The summed E-state index contributed by atoms with van der Waals surface area (Å²) < 4.78 is 1.99. The number of hydrogen-bond donors (Lipinski definition) is 2. The third kappa shape index (κ3) is 3.64. The fourth-order valence-corrected chi connectivity index (χ4v) is 2.57. The van der Waals surface area contributed by atoms with Crippen LogP contribution in [-0.4, -0.2) is 16.3 Å². The summed E-state index contributed by atoms with van der Waals surface area (Å²) in [5, 5.41) is 8.03. The summed E-state index contributed by atoms with van der Waals surface area (Å²) in [6, 6.07) is 0.315. The molecule has 0 aliphatic rings. The lowest BCUT2D eigenvalue weighted by Gasteiger charge is -2.26. The molecule has 0 spiro atoms. The smallest absolute Gasteiger partial charge is 0.148 e. The van der Waals surface area contributed by atoms with Crippen molar-refractivity contribution in [3.8, 4) is 0 Å². The van der Waals surface area contributed by atoms with Gasteiger partial charge in [-0.2, -0.15) is 5.10 Å². The van der Waals surface area contributed by atoms with Crippen LogP contribution in [0.2, 0.25) is 0 Å². The van der Waals surface area contributed by atoms with Crippen LogP contribution in [0.4, 0.5) is 11.5 Å². The van der Waals surface area contributed by atoms with Gasteiger partial charge in [0.05, 0.1) is 11.4 Å². The molecule has 3 N–H and O–H groups in total. The number of aromatic nitrogens is 2. The van der Waals surface area contributed by atoms with Crippen LogP contribution in [0.3, 0.4) is 0 Å². The van der Waals surface area contributed by atoms with E-state index in [4.69, 9.17) is 5.73 Å². The largest absolute Gasteiger partial charge is 0.394 e.